The summed E-state index contributed by atoms with van der Waals surface area (Å²) in [7, 11) is 0. The van der Waals surface area contributed by atoms with Gasteiger partial charge in [0.2, 0.25) is 5.91 Å². The molecule has 140 valence electrons. The molecule has 1 saturated heterocycles. The zero-order chi connectivity index (χ0) is 18.4. The van der Waals surface area contributed by atoms with Gasteiger partial charge >= 0.3 is 0 Å². The van der Waals surface area contributed by atoms with Crippen LogP contribution in [0, 0.1) is 6.92 Å². The molecule has 1 N–H and O–H groups in total. The predicted molar refractivity (Wildman–Crippen MR) is 102 cm³/mol. The first-order chi connectivity index (χ1) is 12.7. The molecule has 1 aliphatic heterocycles. The topological polar surface area (TPSA) is 65.1 Å². The number of aryl methyl sites for hydroxylation is 3. The second kappa shape index (κ2) is 8.94. The number of amides is 1. The van der Waals surface area contributed by atoms with Crippen molar-refractivity contribution in [2.75, 3.05) is 26.2 Å². The van der Waals surface area contributed by atoms with Crippen LogP contribution >= 0.6 is 0 Å². The molecule has 0 unspecified atom stereocenters. The molecule has 6 heteroatoms. The standard InChI is InChI=1S/C20H29N5O/c1-3-19-22-16(2)18(23-19)15-24-10-5-11-25(13-12-24)20(26)8-7-17-6-4-9-21-14-17/h4,6,9,14H,3,5,7-8,10-13,15H2,1-2H3,(H,22,23). The average Bonchev–Trinajstić information content (AvgIpc) is 2.86. The molecule has 0 radical (unpaired) electrons. The Morgan fingerprint density at radius 3 is 2.88 bits per heavy atom. The largest absolute Gasteiger partial charge is 0.346 e. The molecule has 0 atom stereocenters. The number of H-pyrrole nitrogens is 1. The van der Waals surface area contributed by atoms with Gasteiger partial charge in [0, 0.05) is 63.7 Å². The third kappa shape index (κ3) is 4.91. The van der Waals surface area contributed by atoms with Crippen LogP contribution in [-0.4, -0.2) is 56.8 Å². The van der Waals surface area contributed by atoms with Gasteiger partial charge in [-0.2, -0.15) is 0 Å². The lowest BCUT2D eigenvalue weighted by atomic mass is 10.1. The van der Waals surface area contributed by atoms with Gasteiger partial charge in [0.1, 0.15) is 5.82 Å². The van der Waals surface area contributed by atoms with Crippen molar-refractivity contribution in [2.45, 2.75) is 46.1 Å². The molecule has 0 aromatic carbocycles. The monoisotopic (exact) mass is 355 g/mol. The Balaban J connectivity index is 1.49. The summed E-state index contributed by atoms with van der Waals surface area (Å²) in [6.07, 6.45) is 6.87. The number of carbonyl (C=O) groups excluding carboxylic acids is 1. The lowest BCUT2D eigenvalue weighted by molar-refractivity contribution is -0.131. The molecule has 1 aliphatic rings. The summed E-state index contributed by atoms with van der Waals surface area (Å²) >= 11 is 0. The molecule has 3 heterocycles. The van der Waals surface area contributed by atoms with E-state index in [9.17, 15) is 4.79 Å². The number of aromatic nitrogens is 3. The van der Waals surface area contributed by atoms with Gasteiger partial charge in [-0.3, -0.25) is 14.7 Å². The zero-order valence-corrected chi connectivity index (χ0v) is 15.9. The van der Waals surface area contributed by atoms with Gasteiger partial charge in [-0.25, -0.2) is 4.98 Å². The second-order valence-electron chi connectivity index (χ2n) is 6.98. The van der Waals surface area contributed by atoms with Crippen LogP contribution in [0.1, 0.15) is 42.5 Å². The maximum atomic E-state index is 12.6. The maximum Gasteiger partial charge on any atom is 0.222 e. The predicted octanol–water partition coefficient (Wildman–Crippen LogP) is 2.34. The summed E-state index contributed by atoms with van der Waals surface area (Å²) in [6, 6.07) is 3.95. The number of carbonyl (C=O) groups is 1. The van der Waals surface area contributed by atoms with E-state index in [2.05, 4.69) is 33.7 Å². The Kier molecular flexibility index (Phi) is 6.39. The number of rotatable bonds is 6. The highest BCUT2D eigenvalue weighted by Crippen LogP contribution is 2.13. The van der Waals surface area contributed by atoms with Crippen LogP contribution in [0.4, 0.5) is 0 Å². The Morgan fingerprint density at radius 1 is 1.27 bits per heavy atom. The highest BCUT2D eigenvalue weighted by Gasteiger charge is 2.20. The molecule has 0 aliphatic carbocycles. The van der Waals surface area contributed by atoms with E-state index in [0.29, 0.717) is 6.42 Å². The van der Waals surface area contributed by atoms with Crippen molar-refractivity contribution in [1.82, 2.24) is 24.8 Å². The first kappa shape index (κ1) is 18.6. The molecule has 1 amide bonds. The summed E-state index contributed by atoms with van der Waals surface area (Å²) in [6.45, 7) is 8.64. The maximum absolute atomic E-state index is 12.6. The quantitative estimate of drug-likeness (QED) is 0.864. The highest BCUT2D eigenvalue weighted by molar-refractivity contribution is 5.76. The van der Waals surface area contributed by atoms with Gasteiger partial charge in [0.05, 0.1) is 5.69 Å². The minimum Gasteiger partial charge on any atom is -0.346 e. The van der Waals surface area contributed by atoms with Gasteiger partial charge in [-0.05, 0) is 31.4 Å². The molecule has 1 fully saturated rings. The number of hydrogen-bond acceptors (Lipinski definition) is 4. The molecule has 0 bridgehead atoms. The van der Waals surface area contributed by atoms with Crippen molar-refractivity contribution in [3.63, 3.8) is 0 Å². The third-order valence-corrected chi connectivity index (χ3v) is 5.03. The van der Waals surface area contributed by atoms with Crippen molar-refractivity contribution in [1.29, 1.82) is 0 Å². The summed E-state index contributed by atoms with van der Waals surface area (Å²) in [5.74, 6) is 1.31. The molecule has 2 aromatic rings. The van der Waals surface area contributed by atoms with Gasteiger partial charge < -0.3 is 9.88 Å². The van der Waals surface area contributed by atoms with Gasteiger partial charge in [0.15, 0.2) is 0 Å². The number of hydrogen-bond donors (Lipinski definition) is 1. The number of imidazole rings is 1. The molecule has 2 aromatic heterocycles. The molecule has 0 saturated carbocycles. The molecule has 26 heavy (non-hydrogen) atoms. The average molecular weight is 355 g/mol. The van der Waals surface area contributed by atoms with Crippen molar-refractivity contribution in [3.05, 3.63) is 47.3 Å². The second-order valence-corrected chi connectivity index (χ2v) is 6.98. The summed E-state index contributed by atoms with van der Waals surface area (Å²) in [4.78, 5) is 29.1. The summed E-state index contributed by atoms with van der Waals surface area (Å²) < 4.78 is 0. The van der Waals surface area contributed by atoms with Gasteiger partial charge in [-0.1, -0.05) is 13.0 Å². The lowest BCUT2D eigenvalue weighted by Crippen LogP contribution is -2.35. The van der Waals surface area contributed by atoms with E-state index in [1.807, 2.05) is 23.2 Å². The Labute approximate surface area is 155 Å². The van der Waals surface area contributed by atoms with E-state index in [0.717, 1.165) is 74.8 Å². The lowest BCUT2D eigenvalue weighted by Gasteiger charge is -2.21. The highest BCUT2D eigenvalue weighted by atomic mass is 16.2. The Hall–Kier alpha value is -2.21. The van der Waals surface area contributed by atoms with Crippen molar-refractivity contribution in [3.8, 4) is 0 Å². The fourth-order valence-electron chi connectivity index (χ4n) is 3.43. The van der Waals surface area contributed by atoms with Crippen LogP contribution in [0.25, 0.3) is 0 Å². The minimum atomic E-state index is 0.250. The van der Waals surface area contributed by atoms with Gasteiger partial charge in [-0.15, -0.1) is 0 Å². The van der Waals surface area contributed by atoms with E-state index in [1.165, 1.54) is 0 Å². The SMILES string of the molecule is CCc1nc(CN2CCCN(C(=O)CCc3cccnc3)CC2)c(C)[nH]1. The van der Waals surface area contributed by atoms with Crippen molar-refractivity contribution >= 4 is 5.91 Å². The minimum absolute atomic E-state index is 0.250. The van der Waals surface area contributed by atoms with Crippen LogP contribution in [0.5, 0.6) is 0 Å². The van der Waals surface area contributed by atoms with Gasteiger partial charge in [0.25, 0.3) is 0 Å². The van der Waals surface area contributed by atoms with E-state index in [-0.39, 0.29) is 5.91 Å². The molecular weight excluding hydrogens is 326 g/mol. The van der Waals surface area contributed by atoms with Crippen LogP contribution in [0.15, 0.2) is 24.5 Å². The van der Waals surface area contributed by atoms with Crippen LogP contribution in [-0.2, 0) is 24.2 Å². The van der Waals surface area contributed by atoms with Crippen LogP contribution in [0.3, 0.4) is 0 Å². The first-order valence-corrected chi connectivity index (χ1v) is 9.59. The van der Waals surface area contributed by atoms with Crippen LogP contribution in [0.2, 0.25) is 0 Å². The van der Waals surface area contributed by atoms with E-state index in [1.54, 1.807) is 6.20 Å². The molecule has 6 nitrogen and oxygen atoms in total. The smallest absolute Gasteiger partial charge is 0.222 e. The molecule has 3 rings (SSSR count). The summed E-state index contributed by atoms with van der Waals surface area (Å²) in [5, 5.41) is 0. The fraction of sp³-hybridized carbons (Fsp3) is 0.550. The number of nitrogens with zero attached hydrogens (tertiary/aromatic N) is 4. The number of pyridine rings is 1. The van der Waals surface area contributed by atoms with E-state index >= 15 is 0 Å². The Morgan fingerprint density at radius 2 is 2.15 bits per heavy atom. The number of aromatic amines is 1. The van der Waals surface area contributed by atoms with Crippen molar-refractivity contribution in [2.24, 2.45) is 0 Å². The first-order valence-electron chi connectivity index (χ1n) is 9.59. The molecular formula is C20H29N5O. The Bertz CT molecular complexity index is 712. The van der Waals surface area contributed by atoms with E-state index < -0.39 is 0 Å². The summed E-state index contributed by atoms with van der Waals surface area (Å²) in [5.41, 5.74) is 3.42. The fourth-order valence-corrected chi connectivity index (χ4v) is 3.43. The van der Waals surface area contributed by atoms with E-state index in [4.69, 9.17) is 0 Å². The zero-order valence-electron chi connectivity index (χ0n) is 15.9. The van der Waals surface area contributed by atoms with Crippen molar-refractivity contribution < 1.29 is 4.79 Å². The van der Waals surface area contributed by atoms with Crippen LogP contribution < -0.4 is 0 Å². The molecule has 0 spiro atoms. The third-order valence-electron chi connectivity index (χ3n) is 5.03. The number of nitrogens with one attached hydrogen (secondary N) is 1. The normalized spacial score (nSPS) is 15.8.